The third-order valence-corrected chi connectivity index (χ3v) is 5.33. The molecule has 0 atom stereocenters. The van der Waals surface area contributed by atoms with Crippen molar-refractivity contribution in [2.24, 2.45) is 0 Å². The summed E-state index contributed by atoms with van der Waals surface area (Å²) in [7, 11) is 0. The molecule has 9 nitrogen and oxygen atoms in total. The van der Waals surface area contributed by atoms with Crippen molar-refractivity contribution in [3.05, 3.63) is 60.2 Å². The molecule has 36 heavy (non-hydrogen) atoms. The molecule has 4 rings (SSSR count). The maximum atomic E-state index is 14.7. The summed E-state index contributed by atoms with van der Waals surface area (Å²) in [5.74, 6) is -0.694. The van der Waals surface area contributed by atoms with Crippen molar-refractivity contribution in [2.45, 2.75) is 19.8 Å². The molecule has 190 valence electrons. The Balaban J connectivity index is 1.34. The molecule has 0 radical (unpaired) electrons. The molecule has 1 aliphatic rings. The number of anilines is 4. The lowest BCUT2D eigenvalue weighted by atomic mass is 10.2. The van der Waals surface area contributed by atoms with E-state index in [1.165, 1.54) is 37.5 Å². The number of alkyl halides is 3. The lowest BCUT2D eigenvalue weighted by Gasteiger charge is -2.34. The minimum atomic E-state index is -4.72. The van der Waals surface area contributed by atoms with Crippen LogP contribution in [-0.2, 0) is 11.3 Å². The minimum absolute atomic E-state index is 0.0421. The molecule has 3 aromatic rings. The third-order valence-electron chi connectivity index (χ3n) is 5.33. The molecule has 13 heteroatoms. The number of rotatable bonds is 7. The lowest BCUT2D eigenvalue weighted by molar-refractivity contribution is -0.274. The van der Waals surface area contributed by atoms with E-state index < -0.39 is 12.2 Å². The number of nitrogens with one attached hydrogen (secondary N) is 2. The molecule has 1 aliphatic heterocycles. The summed E-state index contributed by atoms with van der Waals surface area (Å²) >= 11 is 0. The van der Waals surface area contributed by atoms with Crippen LogP contribution in [0.5, 0.6) is 5.75 Å². The maximum Gasteiger partial charge on any atom is 0.573 e. The molecule has 0 saturated carbocycles. The van der Waals surface area contributed by atoms with E-state index in [1.807, 2.05) is 4.90 Å². The summed E-state index contributed by atoms with van der Waals surface area (Å²) in [5, 5.41) is 5.24. The Morgan fingerprint density at radius 1 is 1.03 bits per heavy atom. The minimum Gasteiger partial charge on any atom is -0.406 e. The first-order valence-corrected chi connectivity index (χ1v) is 11.0. The fraction of sp³-hybridized carbons (Fsp3) is 0.304. The first-order valence-electron chi connectivity index (χ1n) is 11.0. The van der Waals surface area contributed by atoms with Crippen LogP contribution >= 0.6 is 0 Å². The van der Waals surface area contributed by atoms with Gasteiger partial charge in [0.05, 0.1) is 11.4 Å². The van der Waals surface area contributed by atoms with E-state index in [2.05, 4.69) is 35.2 Å². The van der Waals surface area contributed by atoms with Crippen LogP contribution in [0.3, 0.4) is 0 Å². The quantitative estimate of drug-likeness (QED) is 0.467. The molecule has 2 heterocycles. The zero-order valence-electron chi connectivity index (χ0n) is 19.2. The van der Waals surface area contributed by atoms with E-state index in [4.69, 9.17) is 0 Å². The van der Waals surface area contributed by atoms with Gasteiger partial charge in [0.2, 0.25) is 17.8 Å². The van der Waals surface area contributed by atoms with Crippen LogP contribution in [0.25, 0.3) is 0 Å². The van der Waals surface area contributed by atoms with Crippen LogP contribution in [0.15, 0.2) is 48.8 Å². The van der Waals surface area contributed by atoms with Crippen LogP contribution in [-0.4, -0.2) is 58.3 Å². The fourth-order valence-electron chi connectivity index (χ4n) is 3.70. The number of amides is 1. The van der Waals surface area contributed by atoms with Gasteiger partial charge in [-0.15, -0.1) is 13.2 Å². The summed E-state index contributed by atoms with van der Waals surface area (Å²) in [4.78, 5) is 28.1. The predicted molar refractivity (Wildman–Crippen MR) is 124 cm³/mol. The van der Waals surface area contributed by atoms with Crippen LogP contribution in [0, 0.1) is 5.82 Å². The molecule has 0 aliphatic carbocycles. The van der Waals surface area contributed by atoms with Gasteiger partial charge in [0, 0.05) is 39.6 Å². The monoisotopic (exact) mass is 505 g/mol. The molecule has 1 fully saturated rings. The first-order chi connectivity index (χ1) is 17.2. The van der Waals surface area contributed by atoms with E-state index >= 15 is 0 Å². The first kappa shape index (κ1) is 25.1. The Labute approximate surface area is 204 Å². The van der Waals surface area contributed by atoms with Gasteiger partial charge in [-0.2, -0.15) is 4.98 Å². The Bertz CT molecular complexity index is 1200. The third kappa shape index (κ3) is 6.78. The van der Waals surface area contributed by atoms with Crippen molar-refractivity contribution in [3.8, 4) is 5.75 Å². The van der Waals surface area contributed by atoms with Gasteiger partial charge in [-0.25, -0.2) is 14.4 Å². The molecule has 0 spiro atoms. The molecular weight excluding hydrogens is 482 g/mol. The average molecular weight is 505 g/mol. The zero-order chi connectivity index (χ0) is 25.7. The fourth-order valence-corrected chi connectivity index (χ4v) is 3.70. The van der Waals surface area contributed by atoms with Gasteiger partial charge < -0.3 is 20.3 Å². The van der Waals surface area contributed by atoms with E-state index in [9.17, 15) is 22.4 Å². The van der Waals surface area contributed by atoms with Crippen molar-refractivity contribution < 1.29 is 27.1 Å². The predicted octanol–water partition coefficient (Wildman–Crippen LogP) is 3.93. The van der Waals surface area contributed by atoms with Crippen LogP contribution in [0.2, 0.25) is 0 Å². The second-order valence-electron chi connectivity index (χ2n) is 8.04. The highest BCUT2D eigenvalue weighted by molar-refractivity contribution is 5.89. The van der Waals surface area contributed by atoms with E-state index in [1.54, 1.807) is 18.2 Å². The maximum absolute atomic E-state index is 14.7. The molecule has 1 amide bonds. The topological polar surface area (TPSA) is 95.5 Å². The Hall–Kier alpha value is -4.00. The van der Waals surface area contributed by atoms with Gasteiger partial charge in [0.1, 0.15) is 12.1 Å². The second-order valence-corrected chi connectivity index (χ2v) is 8.04. The number of hydrogen-bond acceptors (Lipinski definition) is 8. The zero-order valence-corrected chi connectivity index (χ0v) is 19.2. The number of nitrogens with zero attached hydrogens (tertiary/aromatic N) is 5. The molecule has 2 N–H and O–H groups in total. The standard InChI is InChI=1S/C23H23F4N7O2/c1-15(35)30-18-3-2-4-19(20(18)24)31-21-28-14-29-22(32-21)34-11-9-33(10-12-34)13-16-5-7-17(8-6-16)36-23(25,26)27/h2-8,14H,9-13H2,1H3,(H,30,35)(H,28,29,31,32). The Morgan fingerprint density at radius 2 is 1.72 bits per heavy atom. The number of carbonyl (C=O) groups excluding carboxylic acids is 1. The smallest absolute Gasteiger partial charge is 0.406 e. The molecule has 0 unspecified atom stereocenters. The number of aromatic nitrogens is 3. The van der Waals surface area contributed by atoms with Crippen LogP contribution < -0.4 is 20.3 Å². The van der Waals surface area contributed by atoms with Crippen molar-refractivity contribution in [1.29, 1.82) is 0 Å². The number of ether oxygens (including phenoxy) is 1. The van der Waals surface area contributed by atoms with Crippen molar-refractivity contribution >= 4 is 29.2 Å². The average Bonchev–Trinajstić information content (AvgIpc) is 2.82. The summed E-state index contributed by atoms with van der Waals surface area (Å²) in [5.41, 5.74) is 1.02. The lowest BCUT2D eigenvalue weighted by Crippen LogP contribution is -2.46. The van der Waals surface area contributed by atoms with E-state index in [0.717, 1.165) is 5.56 Å². The number of benzene rings is 2. The summed E-state index contributed by atoms with van der Waals surface area (Å²) in [6, 6.07) is 10.4. The number of piperazine rings is 1. The normalized spacial score (nSPS) is 14.4. The highest BCUT2D eigenvalue weighted by Gasteiger charge is 2.31. The molecular formula is C23H23F4N7O2. The number of halogens is 4. The highest BCUT2D eigenvalue weighted by Crippen LogP contribution is 2.25. The summed E-state index contributed by atoms with van der Waals surface area (Å²) < 4.78 is 55.5. The van der Waals surface area contributed by atoms with Gasteiger partial charge in [-0.05, 0) is 29.8 Å². The van der Waals surface area contributed by atoms with Crippen molar-refractivity contribution in [1.82, 2.24) is 19.9 Å². The SMILES string of the molecule is CC(=O)Nc1cccc(Nc2ncnc(N3CCN(Cc4ccc(OC(F)(F)F)cc4)CC3)n2)c1F. The summed E-state index contributed by atoms with van der Waals surface area (Å²) in [6.07, 6.45) is -3.38. The van der Waals surface area contributed by atoms with E-state index in [-0.39, 0.29) is 29.0 Å². The molecule has 2 aromatic carbocycles. The van der Waals surface area contributed by atoms with Crippen LogP contribution in [0.4, 0.5) is 40.8 Å². The summed E-state index contributed by atoms with van der Waals surface area (Å²) in [6.45, 7) is 4.47. The van der Waals surface area contributed by atoms with Gasteiger partial charge in [-0.1, -0.05) is 18.2 Å². The van der Waals surface area contributed by atoms with Crippen LogP contribution in [0.1, 0.15) is 12.5 Å². The molecule has 1 aromatic heterocycles. The second kappa shape index (κ2) is 10.7. The van der Waals surface area contributed by atoms with Gasteiger partial charge in [0.15, 0.2) is 5.82 Å². The largest absolute Gasteiger partial charge is 0.573 e. The molecule has 0 bridgehead atoms. The number of hydrogen-bond donors (Lipinski definition) is 2. The van der Waals surface area contributed by atoms with Crippen molar-refractivity contribution in [3.63, 3.8) is 0 Å². The molecule has 1 saturated heterocycles. The van der Waals surface area contributed by atoms with Crippen molar-refractivity contribution in [2.75, 3.05) is 41.7 Å². The van der Waals surface area contributed by atoms with E-state index in [0.29, 0.717) is 38.7 Å². The Morgan fingerprint density at radius 3 is 2.39 bits per heavy atom. The Kier molecular flexibility index (Phi) is 7.48. The highest BCUT2D eigenvalue weighted by atomic mass is 19.4. The van der Waals surface area contributed by atoms with Gasteiger partial charge >= 0.3 is 6.36 Å². The number of carbonyl (C=O) groups is 1. The van der Waals surface area contributed by atoms with Gasteiger partial charge in [-0.3, -0.25) is 9.69 Å². The van der Waals surface area contributed by atoms with Gasteiger partial charge in [0.25, 0.3) is 0 Å².